The van der Waals surface area contributed by atoms with Gasteiger partial charge in [-0.1, -0.05) is 186 Å². The summed E-state index contributed by atoms with van der Waals surface area (Å²) in [5.41, 5.74) is 2.29. The molecule has 1 aromatic carbocycles. The predicted molar refractivity (Wildman–Crippen MR) is 174 cm³/mol. The smallest absolute Gasteiger partial charge is 0.328 e. The zero-order valence-electron chi connectivity index (χ0n) is 26.5. The minimum Gasteiger partial charge on any atom is -0.464 e. The fourth-order valence-corrected chi connectivity index (χ4v) is 6.13. The first-order valence-electron chi connectivity index (χ1n) is 17.8. The maximum atomic E-state index is 12.3. The zero-order valence-corrected chi connectivity index (χ0v) is 26.5. The molecule has 0 aliphatic carbocycles. The highest BCUT2D eigenvalue weighted by Gasteiger charge is 2.27. The molecule has 40 heavy (non-hydrogen) atoms. The molecule has 1 aliphatic rings. The molecule has 1 aliphatic heterocycles. The van der Waals surface area contributed by atoms with Crippen LogP contribution in [0.2, 0.25) is 0 Å². The number of benzene rings is 1. The van der Waals surface area contributed by atoms with Crippen LogP contribution in [-0.4, -0.2) is 18.6 Å². The maximum absolute atomic E-state index is 12.3. The van der Waals surface area contributed by atoms with Gasteiger partial charge in [0.2, 0.25) is 0 Å². The molecule has 0 fully saturated rings. The summed E-state index contributed by atoms with van der Waals surface area (Å²) in [6.07, 6.45) is 37.3. The van der Waals surface area contributed by atoms with Crippen LogP contribution in [0.4, 0.5) is 5.69 Å². The van der Waals surface area contributed by atoms with Crippen LogP contribution in [0.5, 0.6) is 0 Å². The molecule has 0 spiro atoms. The Labute approximate surface area is 249 Å². The second-order valence-corrected chi connectivity index (χ2v) is 12.6. The Bertz CT molecular complexity index is 693. The number of para-hydroxylation sites is 1. The molecule has 2 rings (SSSR count). The average Bonchev–Trinajstić information content (AvgIpc) is 3.41. The van der Waals surface area contributed by atoms with E-state index in [2.05, 4.69) is 18.3 Å². The molecule has 3 nitrogen and oxygen atoms in total. The molecule has 1 aromatic rings. The van der Waals surface area contributed by atoms with E-state index in [1.54, 1.807) is 0 Å². The molecule has 0 saturated heterocycles. The van der Waals surface area contributed by atoms with E-state index in [1.165, 1.54) is 166 Å². The van der Waals surface area contributed by atoms with E-state index >= 15 is 0 Å². The quantitative estimate of drug-likeness (QED) is 0.0825. The number of ether oxygens (including phenoxy) is 1. The van der Waals surface area contributed by atoms with E-state index in [1.807, 2.05) is 18.2 Å². The summed E-state index contributed by atoms with van der Waals surface area (Å²) in [6.45, 7) is 2.86. The number of carbonyl (C=O) groups is 1. The molecule has 230 valence electrons. The predicted octanol–water partition coefficient (Wildman–Crippen LogP) is 11.7. The number of rotatable bonds is 28. The molecule has 0 saturated carbocycles. The van der Waals surface area contributed by atoms with Gasteiger partial charge in [-0.05, 0) is 18.1 Å². The van der Waals surface area contributed by atoms with Crippen molar-refractivity contribution in [1.29, 1.82) is 0 Å². The standard InChI is InChI=1S/C37H65NO2/c1-2-3-4-5-6-7-8-9-10-11-12-13-14-15-16-17-18-19-20-21-22-23-24-25-26-29-32-40-37(39)36-33-34-30-27-28-31-35(34)38-36/h27-28,30-31,36,38H,2-26,29,32-33H2,1H3. The van der Waals surface area contributed by atoms with Gasteiger partial charge in [0.05, 0.1) is 6.61 Å². The molecular weight excluding hydrogens is 490 g/mol. The van der Waals surface area contributed by atoms with Crippen LogP contribution < -0.4 is 5.32 Å². The molecule has 3 heteroatoms. The van der Waals surface area contributed by atoms with Crippen molar-refractivity contribution in [3.05, 3.63) is 29.8 Å². The van der Waals surface area contributed by atoms with E-state index in [-0.39, 0.29) is 12.0 Å². The Balaban J connectivity index is 1.19. The lowest BCUT2D eigenvalue weighted by Crippen LogP contribution is -2.29. The lowest BCUT2D eigenvalue weighted by molar-refractivity contribution is -0.144. The lowest BCUT2D eigenvalue weighted by Gasteiger charge is -2.11. The van der Waals surface area contributed by atoms with Gasteiger partial charge in [-0.3, -0.25) is 0 Å². The summed E-state index contributed by atoms with van der Waals surface area (Å²) in [5.74, 6) is -0.101. The highest BCUT2D eigenvalue weighted by molar-refractivity contribution is 5.82. The summed E-state index contributed by atoms with van der Waals surface area (Å²) >= 11 is 0. The highest BCUT2D eigenvalue weighted by atomic mass is 16.5. The van der Waals surface area contributed by atoms with E-state index in [9.17, 15) is 4.79 Å². The number of fused-ring (bicyclic) bond motifs is 1. The summed E-state index contributed by atoms with van der Waals surface area (Å²) < 4.78 is 5.51. The van der Waals surface area contributed by atoms with Crippen LogP contribution in [-0.2, 0) is 16.0 Å². The summed E-state index contributed by atoms with van der Waals surface area (Å²) in [6, 6.07) is 7.93. The number of carbonyl (C=O) groups excluding carboxylic acids is 1. The third kappa shape index (κ3) is 18.0. The van der Waals surface area contributed by atoms with Crippen molar-refractivity contribution >= 4 is 11.7 Å². The van der Waals surface area contributed by atoms with Crippen molar-refractivity contribution in [2.45, 2.75) is 186 Å². The van der Waals surface area contributed by atoms with Gasteiger partial charge in [0.25, 0.3) is 0 Å². The molecule has 0 radical (unpaired) electrons. The Kier molecular flexibility index (Phi) is 21.9. The number of hydrogen-bond donors (Lipinski definition) is 1. The summed E-state index contributed by atoms with van der Waals surface area (Å²) in [4.78, 5) is 12.3. The van der Waals surface area contributed by atoms with Crippen LogP contribution in [0.1, 0.15) is 179 Å². The number of nitrogens with one attached hydrogen (secondary N) is 1. The van der Waals surface area contributed by atoms with Gasteiger partial charge in [-0.25, -0.2) is 4.79 Å². The number of unbranched alkanes of at least 4 members (excludes halogenated alkanes) is 25. The third-order valence-electron chi connectivity index (χ3n) is 8.80. The van der Waals surface area contributed by atoms with Crippen LogP contribution in [0, 0.1) is 0 Å². The van der Waals surface area contributed by atoms with E-state index in [0.717, 1.165) is 18.5 Å². The Morgan fingerprint density at radius 2 is 0.975 bits per heavy atom. The minimum atomic E-state index is -0.207. The fraction of sp³-hybridized carbons (Fsp3) is 0.811. The Hall–Kier alpha value is -1.51. The van der Waals surface area contributed by atoms with Gasteiger partial charge in [-0.2, -0.15) is 0 Å². The van der Waals surface area contributed by atoms with Gasteiger partial charge in [-0.15, -0.1) is 0 Å². The minimum absolute atomic E-state index is 0.101. The maximum Gasteiger partial charge on any atom is 0.328 e. The number of anilines is 1. The van der Waals surface area contributed by atoms with Crippen LogP contribution in [0.3, 0.4) is 0 Å². The first-order valence-corrected chi connectivity index (χ1v) is 17.8. The molecule has 1 unspecified atom stereocenters. The molecule has 0 aromatic heterocycles. The molecule has 1 N–H and O–H groups in total. The van der Waals surface area contributed by atoms with Gasteiger partial charge in [0.15, 0.2) is 0 Å². The third-order valence-corrected chi connectivity index (χ3v) is 8.80. The molecular formula is C37H65NO2. The Morgan fingerprint density at radius 3 is 1.38 bits per heavy atom. The van der Waals surface area contributed by atoms with Gasteiger partial charge >= 0.3 is 5.97 Å². The second-order valence-electron chi connectivity index (χ2n) is 12.6. The van der Waals surface area contributed by atoms with Crippen LogP contribution >= 0.6 is 0 Å². The summed E-state index contributed by atoms with van der Waals surface area (Å²) in [5, 5.41) is 3.28. The fourth-order valence-electron chi connectivity index (χ4n) is 6.13. The van der Waals surface area contributed by atoms with Gasteiger partial charge in [0, 0.05) is 12.1 Å². The van der Waals surface area contributed by atoms with Gasteiger partial charge < -0.3 is 10.1 Å². The zero-order chi connectivity index (χ0) is 28.4. The average molecular weight is 556 g/mol. The second kappa shape index (κ2) is 25.2. The normalized spacial score (nSPS) is 14.3. The topological polar surface area (TPSA) is 38.3 Å². The Morgan fingerprint density at radius 1 is 0.600 bits per heavy atom. The largest absolute Gasteiger partial charge is 0.464 e. The first-order chi connectivity index (χ1) is 19.8. The monoisotopic (exact) mass is 556 g/mol. The molecule has 0 amide bonds. The first kappa shape index (κ1) is 34.7. The lowest BCUT2D eigenvalue weighted by atomic mass is 10.0. The van der Waals surface area contributed by atoms with Crippen molar-refractivity contribution in [3.8, 4) is 0 Å². The van der Waals surface area contributed by atoms with Crippen molar-refractivity contribution < 1.29 is 9.53 Å². The van der Waals surface area contributed by atoms with Crippen LogP contribution in [0.25, 0.3) is 0 Å². The van der Waals surface area contributed by atoms with E-state index in [4.69, 9.17) is 4.74 Å². The van der Waals surface area contributed by atoms with Crippen molar-refractivity contribution in [3.63, 3.8) is 0 Å². The molecule has 1 heterocycles. The molecule has 0 bridgehead atoms. The summed E-state index contributed by atoms with van der Waals surface area (Å²) in [7, 11) is 0. The SMILES string of the molecule is CCCCCCCCCCCCCCCCCCCCCCCCCCCCOC(=O)C1Cc2ccccc2N1. The number of esters is 1. The van der Waals surface area contributed by atoms with Gasteiger partial charge in [0.1, 0.15) is 6.04 Å². The van der Waals surface area contributed by atoms with Crippen molar-refractivity contribution in [1.82, 2.24) is 0 Å². The highest BCUT2D eigenvalue weighted by Crippen LogP contribution is 2.25. The van der Waals surface area contributed by atoms with Crippen LogP contribution in [0.15, 0.2) is 24.3 Å². The van der Waals surface area contributed by atoms with E-state index in [0.29, 0.717) is 6.61 Å². The molecule has 1 atom stereocenters. The van der Waals surface area contributed by atoms with E-state index < -0.39 is 0 Å². The number of hydrogen-bond acceptors (Lipinski definition) is 3. The van der Waals surface area contributed by atoms with Crippen molar-refractivity contribution in [2.75, 3.05) is 11.9 Å². The van der Waals surface area contributed by atoms with Crippen molar-refractivity contribution in [2.24, 2.45) is 0 Å².